The average Bonchev–Trinajstić information content (AvgIpc) is 3.07. The van der Waals surface area contributed by atoms with Gasteiger partial charge in [-0.1, -0.05) is 13.8 Å². The van der Waals surface area contributed by atoms with Gasteiger partial charge in [0, 0.05) is 18.7 Å². The molecule has 0 aromatic carbocycles. The fourth-order valence-corrected chi connectivity index (χ4v) is 4.68. The largest absolute Gasteiger partial charge is 0.475 e. The van der Waals surface area contributed by atoms with Crippen molar-refractivity contribution in [1.29, 1.82) is 0 Å². The molecule has 112 valence electrons. The zero-order valence-electron chi connectivity index (χ0n) is 11.2. The molecular formula is C12H16BrNO5S. The van der Waals surface area contributed by atoms with Crippen molar-refractivity contribution in [3.63, 3.8) is 0 Å². The first kappa shape index (κ1) is 15.5. The Balaban J connectivity index is 2.39. The SMILES string of the molecule is CC(C)CN(C1CC1)S(=O)(=O)c1cc(C(=O)O)oc1Br. The van der Waals surface area contributed by atoms with Crippen LogP contribution in [-0.4, -0.2) is 36.4 Å². The lowest BCUT2D eigenvalue weighted by Gasteiger charge is -2.23. The number of hydrogen-bond acceptors (Lipinski definition) is 4. The predicted octanol–water partition coefficient (Wildman–Crippen LogP) is 2.55. The van der Waals surface area contributed by atoms with Crippen molar-refractivity contribution in [3.05, 3.63) is 16.5 Å². The first-order valence-corrected chi connectivity index (χ1v) is 8.51. The van der Waals surface area contributed by atoms with Crippen LogP contribution in [0.5, 0.6) is 0 Å². The molecule has 8 heteroatoms. The molecule has 0 atom stereocenters. The van der Waals surface area contributed by atoms with E-state index in [4.69, 9.17) is 9.52 Å². The van der Waals surface area contributed by atoms with Crippen LogP contribution in [0.15, 0.2) is 20.0 Å². The van der Waals surface area contributed by atoms with Gasteiger partial charge in [0.1, 0.15) is 4.90 Å². The van der Waals surface area contributed by atoms with E-state index in [0.717, 1.165) is 18.9 Å². The maximum absolute atomic E-state index is 12.6. The van der Waals surface area contributed by atoms with Crippen LogP contribution in [0.1, 0.15) is 37.2 Å². The number of carbonyl (C=O) groups is 1. The molecule has 0 amide bonds. The standard InChI is InChI=1S/C12H16BrNO5S/c1-7(2)6-14(8-3-4-8)20(17,18)10-5-9(12(15)16)19-11(10)13/h5,7-8H,3-4,6H2,1-2H3,(H,15,16). The van der Waals surface area contributed by atoms with Crippen molar-refractivity contribution in [2.45, 2.75) is 37.6 Å². The van der Waals surface area contributed by atoms with Crippen LogP contribution in [-0.2, 0) is 10.0 Å². The third-order valence-electron chi connectivity index (χ3n) is 2.95. The quantitative estimate of drug-likeness (QED) is 0.836. The topological polar surface area (TPSA) is 87.8 Å². The fraction of sp³-hybridized carbons (Fsp3) is 0.583. The molecule has 6 nitrogen and oxygen atoms in total. The number of nitrogens with zero attached hydrogens (tertiary/aromatic N) is 1. The van der Waals surface area contributed by atoms with Crippen molar-refractivity contribution < 1.29 is 22.7 Å². The minimum atomic E-state index is -3.75. The molecule has 1 aliphatic carbocycles. The Morgan fingerprint density at radius 2 is 2.15 bits per heavy atom. The van der Waals surface area contributed by atoms with E-state index in [1.54, 1.807) is 0 Å². The van der Waals surface area contributed by atoms with Crippen molar-refractivity contribution in [2.75, 3.05) is 6.54 Å². The first-order chi connectivity index (χ1) is 9.23. The monoisotopic (exact) mass is 365 g/mol. The second-order valence-corrected chi connectivity index (χ2v) is 7.83. The summed E-state index contributed by atoms with van der Waals surface area (Å²) < 4.78 is 31.6. The molecule has 0 aliphatic heterocycles. The average molecular weight is 366 g/mol. The van der Waals surface area contributed by atoms with Gasteiger partial charge in [0.2, 0.25) is 15.8 Å². The molecule has 1 fully saturated rings. The van der Waals surface area contributed by atoms with E-state index < -0.39 is 21.8 Å². The summed E-state index contributed by atoms with van der Waals surface area (Å²) in [6, 6.07) is 1.06. The highest BCUT2D eigenvalue weighted by Crippen LogP contribution is 2.36. The molecule has 20 heavy (non-hydrogen) atoms. The minimum Gasteiger partial charge on any atom is -0.475 e. The lowest BCUT2D eigenvalue weighted by atomic mass is 10.2. The molecule has 0 spiro atoms. The summed E-state index contributed by atoms with van der Waals surface area (Å²) in [5, 5.41) is 8.87. The Morgan fingerprint density at radius 1 is 1.55 bits per heavy atom. The summed E-state index contributed by atoms with van der Waals surface area (Å²) in [5.41, 5.74) is 0. The number of rotatable bonds is 6. The van der Waals surface area contributed by atoms with Gasteiger partial charge in [-0.15, -0.1) is 0 Å². The van der Waals surface area contributed by atoms with E-state index in [9.17, 15) is 13.2 Å². The number of furan rings is 1. The van der Waals surface area contributed by atoms with Gasteiger partial charge in [0.25, 0.3) is 0 Å². The molecule has 0 unspecified atom stereocenters. The number of sulfonamides is 1. The zero-order chi connectivity index (χ0) is 15.1. The van der Waals surface area contributed by atoms with Crippen molar-refractivity contribution in [3.8, 4) is 0 Å². The van der Waals surface area contributed by atoms with Crippen molar-refractivity contribution >= 4 is 31.9 Å². The van der Waals surface area contributed by atoms with Gasteiger partial charge in [0.05, 0.1) is 0 Å². The molecule has 1 aromatic rings. The Labute approximate surface area is 125 Å². The van der Waals surface area contributed by atoms with Crippen LogP contribution in [0.3, 0.4) is 0 Å². The van der Waals surface area contributed by atoms with E-state index in [1.165, 1.54) is 4.31 Å². The molecule has 1 aliphatic rings. The smallest absolute Gasteiger partial charge is 0.371 e. The molecule has 1 heterocycles. The molecule has 2 rings (SSSR count). The summed E-state index contributed by atoms with van der Waals surface area (Å²) in [4.78, 5) is 10.7. The van der Waals surface area contributed by atoms with Crippen LogP contribution in [0.2, 0.25) is 0 Å². The predicted molar refractivity (Wildman–Crippen MR) is 75.1 cm³/mol. The number of halogens is 1. The highest BCUT2D eigenvalue weighted by molar-refractivity contribution is 9.10. The molecule has 0 saturated heterocycles. The Bertz CT molecular complexity index is 618. The third kappa shape index (κ3) is 3.07. The number of carboxylic acids is 1. The normalized spacial score (nSPS) is 16.1. The summed E-state index contributed by atoms with van der Waals surface area (Å²) in [6.45, 7) is 4.29. The van der Waals surface area contributed by atoms with Gasteiger partial charge >= 0.3 is 5.97 Å². The van der Waals surface area contributed by atoms with Gasteiger partial charge in [-0.05, 0) is 34.7 Å². The van der Waals surface area contributed by atoms with E-state index in [2.05, 4.69) is 15.9 Å². The van der Waals surface area contributed by atoms with Crippen molar-refractivity contribution in [2.24, 2.45) is 5.92 Å². The summed E-state index contributed by atoms with van der Waals surface area (Å²) in [6.07, 6.45) is 1.68. The van der Waals surface area contributed by atoms with Crippen LogP contribution in [0, 0.1) is 5.92 Å². The molecule has 0 bridgehead atoms. The first-order valence-electron chi connectivity index (χ1n) is 6.28. The third-order valence-corrected chi connectivity index (χ3v) is 5.73. The Morgan fingerprint density at radius 3 is 2.55 bits per heavy atom. The van der Waals surface area contributed by atoms with Gasteiger partial charge in [-0.3, -0.25) is 0 Å². The highest BCUT2D eigenvalue weighted by atomic mass is 79.9. The molecular weight excluding hydrogens is 350 g/mol. The van der Waals surface area contributed by atoms with Crippen LogP contribution >= 0.6 is 15.9 Å². The van der Waals surface area contributed by atoms with E-state index in [0.29, 0.717) is 6.54 Å². The second kappa shape index (κ2) is 5.50. The van der Waals surface area contributed by atoms with Gasteiger partial charge < -0.3 is 9.52 Å². The number of carboxylic acid groups (broad SMARTS) is 1. The highest BCUT2D eigenvalue weighted by Gasteiger charge is 2.40. The van der Waals surface area contributed by atoms with E-state index >= 15 is 0 Å². The van der Waals surface area contributed by atoms with Gasteiger partial charge in [-0.25, -0.2) is 13.2 Å². The summed E-state index contributed by atoms with van der Waals surface area (Å²) >= 11 is 2.99. The van der Waals surface area contributed by atoms with E-state index in [1.807, 2.05) is 13.8 Å². The van der Waals surface area contributed by atoms with Crippen LogP contribution in [0.25, 0.3) is 0 Å². The lowest BCUT2D eigenvalue weighted by molar-refractivity contribution is 0.0661. The Hall–Kier alpha value is -0.860. The van der Waals surface area contributed by atoms with E-state index in [-0.39, 0.29) is 21.5 Å². The zero-order valence-corrected chi connectivity index (χ0v) is 13.6. The number of hydrogen-bond donors (Lipinski definition) is 1. The summed E-state index contributed by atoms with van der Waals surface area (Å²) in [5.74, 6) is -1.50. The number of aromatic carboxylic acids is 1. The molecule has 1 aromatic heterocycles. The van der Waals surface area contributed by atoms with Crippen LogP contribution < -0.4 is 0 Å². The molecule has 0 radical (unpaired) electrons. The minimum absolute atomic E-state index is 0.0116. The fourth-order valence-electron chi connectivity index (χ4n) is 1.93. The Kier molecular flexibility index (Phi) is 4.27. The lowest BCUT2D eigenvalue weighted by Crippen LogP contribution is -2.36. The maximum atomic E-state index is 12.6. The molecule has 1 saturated carbocycles. The van der Waals surface area contributed by atoms with Crippen LogP contribution in [0.4, 0.5) is 0 Å². The van der Waals surface area contributed by atoms with Crippen molar-refractivity contribution in [1.82, 2.24) is 4.31 Å². The van der Waals surface area contributed by atoms with Gasteiger partial charge in [0.15, 0.2) is 4.67 Å². The second-order valence-electron chi connectivity index (χ2n) is 5.25. The summed E-state index contributed by atoms with van der Waals surface area (Å²) in [7, 11) is -3.75. The van der Waals surface area contributed by atoms with Gasteiger partial charge in [-0.2, -0.15) is 4.31 Å². The molecule has 1 N–H and O–H groups in total. The maximum Gasteiger partial charge on any atom is 0.371 e.